The van der Waals surface area contributed by atoms with E-state index in [1.54, 1.807) is 0 Å². The van der Waals surface area contributed by atoms with E-state index in [1.165, 1.54) is 44.9 Å². The predicted octanol–water partition coefficient (Wildman–Crippen LogP) is 4.67. The summed E-state index contributed by atoms with van der Waals surface area (Å²) >= 11 is 0. The van der Waals surface area contributed by atoms with Crippen molar-refractivity contribution >= 4 is 0 Å². The third kappa shape index (κ3) is 6.75. The molecule has 0 aliphatic heterocycles. The van der Waals surface area contributed by atoms with Gasteiger partial charge in [0.15, 0.2) is 0 Å². The maximum Gasteiger partial charge on any atom is 0.0540 e. The second-order valence-electron chi connectivity index (χ2n) is 5.74. The van der Waals surface area contributed by atoms with Gasteiger partial charge in [0.25, 0.3) is 0 Å². The summed E-state index contributed by atoms with van der Waals surface area (Å²) in [7, 11) is 3.63. The van der Waals surface area contributed by atoms with Crippen LogP contribution in [-0.2, 0) is 9.47 Å². The van der Waals surface area contributed by atoms with E-state index in [0.29, 0.717) is 0 Å². The molecule has 1 atom stereocenters. The standard InChI is InChI=1S/C16H34O2/c1-6-9-10-15(8-3)12-16(11-7-2,13-17-4)14-18-5/h15H,6-14H2,1-5H3. The summed E-state index contributed by atoms with van der Waals surface area (Å²) in [5.74, 6) is 0.821. The summed E-state index contributed by atoms with van der Waals surface area (Å²) in [6, 6.07) is 0. The summed E-state index contributed by atoms with van der Waals surface area (Å²) in [6.07, 6.45) is 8.94. The minimum atomic E-state index is 0.229. The van der Waals surface area contributed by atoms with E-state index in [2.05, 4.69) is 20.8 Å². The van der Waals surface area contributed by atoms with Gasteiger partial charge in [-0.25, -0.2) is 0 Å². The molecule has 0 aromatic rings. The average Bonchev–Trinajstić information content (AvgIpc) is 2.35. The van der Waals surface area contributed by atoms with Crippen LogP contribution in [0.2, 0.25) is 0 Å². The van der Waals surface area contributed by atoms with Crippen LogP contribution in [-0.4, -0.2) is 27.4 Å². The van der Waals surface area contributed by atoms with Gasteiger partial charge in [-0.1, -0.05) is 52.9 Å². The molecule has 0 fully saturated rings. The zero-order valence-electron chi connectivity index (χ0n) is 13.3. The summed E-state index contributed by atoms with van der Waals surface area (Å²) in [5.41, 5.74) is 0.229. The number of ether oxygens (including phenoxy) is 2. The molecule has 0 spiro atoms. The Labute approximate surface area is 114 Å². The van der Waals surface area contributed by atoms with E-state index in [0.717, 1.165) is 19.1 Å². The lowest BCUT2D eigenvalue weighted by Gasteiger charge is -2.35. The predicted molar refractivity (Wildman–Crippen MR) is 79.0 cm³/mol. The highest BCUT2D eigenvalue weighted by atomic mass is 16.5. The molecule has 0 amide bonds. The van der Waals surface area contributed by atoms with Gasteiger partial charge in [-0.05, 0) is 18.8 Å². The van der Waals surface area contributed by atoms with Gasteiger partial charge >= 0.3 is 0 Å². The van der Waals surface area contributed by atoms with E-state index in [1.807, 2.05) is 14.2 Å². The van der Waals surface area contributed by atoms with Crippen molar-refractivity contribution in [2.45, 2.75) is 65.7 Å². The van der Waals surface area contributed by atoms with E-state index >= 15 is 0 Å². The molecular formula is C16H34O2. The summed E-state index contributed by atoms with van der Waals surface area (Å²) in [4.78, 5) is 0. The van der Waals surface area contributed by atoms with Crippen molar-refractivity contribution in [3.05, 3.63) is 0 Å². The maximum absolute atomic E-state index is 5.48. The van der Waals surface area contributed by atoms with Crippen LogP contribution in [0.3, 0.4) is 0 Å². The third-order valence-electron chi connectivity index (χ3n) is 3.95. The molecule has 0 heterocycles. The van der Waals surface area contributed by atoms with Crippen molar-refractivity contribution in [1.29, 1.82) is 0 Å². The maximum atomic E-state index is 5.48. The minimum absolute atomic E-state index is 0.229. The zero-order chi connectivity index (χ0) is 13.9. The van der Waals surface area contributed by atoms with Gasteiger partial charge in [-0.3, -0.25) is 0 Å². The van der Waals surface area contributed by atoms with Gasteiger partial charge in [0, 0.05) is 19.6 Å². The number of unbranched alkanes of at least 4 members (excludes halogenated alkanes) is 1. The highest BCUT2D eigenvalue weighted by molar-refractivity contribution is 4.81. The first-order valence-corrected chi connectivity index (χ1v) is 7.65. The largest absolute Gasteiger partial charge is 0.384 e. The first kappa shape index (κ1) is 17.9. The smallest absolute Gasteiger partial charge is 0.0540 e. The Balaban J connectivity index is 4.58. The number of rotatable bonds is 12. The first-order valence-electron chi connectivity index (χ1n) is 7.65. The van der Waals surface area contributed by atoms with E-state index in [-0.39, 0.29) is 5.41 Å². The average molecular weight is 258 g/mol. The Kier molecular flexibility index (Phi) is 10.8. The lowest BCUT2D eigenvalue weighted by molar-refractivity contribution is -0.0134. The molecule has 0 saturated heterocycles. The molecule has 0 aromatic heterocycles. The normalized spacial score (nSPS) is 13.8. The number of hydrogen-bond donors (Lipinski definition) is 0. The summed E-state index contributed by atoms with van der Waals surface area (Å²) in [6.45, 7) is 8.51. The molecule has 18 heavy (non-hydrogen) atoms. The molecule has 0 aliphatic carbocycles. The lowest BCUT2D eigenvalue weighted by Crippen LogP contribution is -2.34. The van der Waals surface area contributed by atoms with Gasteiger partial charge in [0.2, 0.25) is 0 Å². The SMILES string of the molecule is CCCCC(CC)CC(CCC)(COC)COC. The van der Waals surface area contributed by atoms with Crippen molar-refractivity contribution in [3.63, 3.8) is 0 Å². The van der Waals surface area contributed by atoms with Crippen molar-refractivity contribution in [3.8, 4) is 0 Å². The van der Waals surface area contributed by atoms with Crippen molar-refractivity contribution in [1.82, 2.24) is 0 Å². The molecule has 2 heteroatoms. The molecule has 110 valence electrons. The summed E-state index contributed by atoms with van der Waals surface area (Å²) < 4.78 is 11.0. The molecular weight excluding hydrogens is 224 g/mol. The topological polar surface area (TPSA) is 18.5 Å². The fourth-order valence-corrected chi connectivity index (χ4v) is 3.10. The second-order valence-corrected chi connectivity index (χ2v) is 5.74. The van der Waals surface area contributed by atoms with Crippen molar-refractivity contribution < 1.29 is 9.47 Å². The lowest BCUT2D eigenvalue weighted by atomic mass is 9.75. The Morgan fingerprint density at radius 2 is 1.56 bits per heavy atom. The second kappa shape index (κ2) is 10.8. The van der Waals surface area contributed by atoms with Crippen molar-refractivity contribution in [2.75, 3.05) is 27.4 Å². The number of methoxy groups -OCH3 is 2. The van der Waals surface area contributed by atoms with Gasteiger partial charge in [0.05, 0.1) is 13.2 Å². The van der Waals surface area contributed by atoms with Crippen LogP contribution in [0.5, 0.6) is 0 Å². The molecule has 0 saturated carbocycles. The van der Waals surface area contributed by atoms with Crippen LogP contribution in [0, 0.1) is 11.3 Å². The minimum Gasteiger partial charge on any atom is -0.384 e. The molecule has 0 aromatic carbocycles. The fraction of sp³-hybridized carbons (Fsp3) is 1.00. The Bertz CT molecular complexity index is 163. The van der Waals surface area contributed by atoms with Crippen LogP contribution in [0.15, 0.2) is 0 Å². The summed E-state index contributed by atoms with van der Waals surface area (Å²) in [5, 5.41) is 0. The van der Waals surface area contributed by atoms with E-state index in [4.69, 9.17) is 9.47 Å². The van der Waals surface area contributed by atoms with Crippen LogP contribution >= 0.6 is 0 Å². The third-order valence-corrected chi connectivity index (χ3v) is 3.95. The molecule has 0 rings (SSSR count). The highest BCUT2D eigenvalue weighted by Gasteiger charge is 2.31. The quantitative estimate of drug-likeness (QED) is 0.506. The van der Waals surface area contributed by atoms with Gasteiger partial charge in [0.1, 0.15) is 0 Å². The molecule has 2 nitrogen and oxygen atoms in total. The van der Waals surface area contributed by atoms with Crippen LogP contribution in [0.25, 0.3) is 0 Å². The van der Waals surface area contributed by atoms with Crippen molar-refractivity contribution in [2.24, 2.45) is 11.3 Å². The van der Waals surface area contributed by atoms with E-state index < -0.39 is 0 Å². The Morgan fingerprint density at radius 1 is 0.944 bits per heavy atom. The van der Waals surface area contributed by atoms with Gasteiger partial charge in [-0.15, -0.1) is 0 Å². The van der Waals surface area contributed by atoms with Crippen LogP contribution < -0.4 is 0 Å². The monoisotopic (exact) mass is 258 g/mol. The highest BCUT2D eigenvalue weighted by Crippen LogP contribution is 2.35. The van der Waals surface area contributed by atoms with Crippen LogP contribution in [0.4, 0.5) is 0 Å². The zero-order valence-corrected chi connectivity index (χ0v) is 13.3. The van der Waals surface area contributed by atoms with Gasteiger partial charge in [-0.2, -0.15) is 0 Å². The molecule has 0 N–H and O–H groups in total. The number of hydrogen-bond acceptors (Lipinski definition) is 2. The first-order chi connectivity index (χ1) is 8.67. The van der Waals surface area contributed by atoms with E-state index in [9.17, 15) is 0 Å². The fourth-order valence-electron chi connectivity index (χ4n) is 3.10. The molecule has 0 aliphatic rings. The van der Waals surface area contributed by atoms with Crippen LogP contribution in [0.1, 0.15) is 65.7 Å². The Morgan fingerprint density at radius 3 is 1.94 bits per heavy atom. The molecule has 0 radical (unpaired) electrons. The molecule has 0 bridgehead atoms. The molecule has 1 unspecified atom stereocenters. The van der Waals surface area contributed by atoms with Gasteiger partial charge < -0.3 is 9.47 Å². The Hall–Kier alpha value is -0.0800.